The number of ether oxygens (including phenoxy) is 1. The van der Waals surface area contributed by atoms with Crippen molar-refractivity contribution in [2.45, 2.75) is 26.4 Å². The van der Waals surface area contributed by atoms with Gasteiger partial charge in [-0.15, -0.1) is 0 Å². The summed E-state index contributed by atoms with van der Waals surface area (Å²) in [6.07, 6.45) is 3.45. The highest BCUT2D eigenvalue weighted by Crippen LogP contribution is 2.64. The molecular weight excluding hydrogens is 296 g/mol. The number of nitrogen functional groups attached to an aromatic ring is 2. The first kappa shape index (κ1) is 15.1. The summed E-state index contributed by atoms with van der Waals surface area (Å²) in [4.78, 5) is 27.8. The van der Waals surface area contributed by atoms with Crippen molar-refractivity contribution in [2.75, 3.05) is 11.5 Å². The monoisotopic (exact) mass is 314 g/mol. The molecule has 2 aromatic heterocycles. The molecule has 0 radical (unpaired) electrons. The van der Waals surface area contributed by atoms with Crippen LogP contribution in [0.3, 0.4) is 0 Å². The molecule has 0 unspecified atom stereocenters. The van der Waals surface area contributed by atoms with Gasteiger partial charge in [0.2, 0.25) is 11.9 Å². The number of hydrogen-bond donors (Lipinski definition) is 2. The first-order valence-corrected chi connectivity index (χ1v) is 7.22. The van der Waals surface area contributed by atoms with E-state index in [4.69, 9.17) is 16.2 Å². The molecule has 0 spiro atoms. The van der Waals surface area contributed by atoms with Crippen LogP contribution in [0.25, 0.3) is 0 Å². The van der Waals surface area contributed by atoms with Crippen molar-refractivity contribution in [2.24, 2.45) is 11.3 Å². The number of nitrogens with two attached hydrogens (primary N) is 2. The third kappa shape index (κ3) is 2.92. The molecule has 0 saturated heterocycles. The predicted molar refractivity (Wildman–Crippen MR) is 82.7 cm³/mol. The lowest BCUT2D eigenvalue weighted by atomic mass is 10.0. The Morgan fingerprint density at radius 2 is 1.78 bits per heavy atom. The van der Waals surface area contributed by atoms with Crippen molar-refractivity contribution in [3.63, 3.8) is 0 Å². The van der Waals surface area contributed by atoms with Gasteiger partial charge in [0.25, 0.3) is 0 Å². The summed E-state index contributed by atoms with van der Waals surface area (Å²) in [5.74, 6) is -0.125. The Labute approximate surface area is 133 Å². The molecule has 1 aliphatic rings. The zero-order chi connectivity index (χ0) is 16.6. The molecule has 0 amide bonds. The third-order valence-corrected chi connectivity index (χ3v) is 4.21. The summed E-state index contributed by atoms with van der Waals surface area (Å²) < 4.78 is 5.33. The maximum atomic E-state index is 12.4. The topological polar surface area (TPSA) is 130 Å². The lowest BCUT2D eigenvalue weighted by molar-refractivity contribution is -0.147. The van der Waals surface area contributed by atoms with Crippen LogP contribution in [0.15, 0.2) is 24.5 Å². The van der Waals surface area contributed by atoms with E-state index < -0.39 is 0 Å². The van der Waals surface area contributed by atoms with Crippen molar-refractivity contribution in [3.8, 4) is 0 Å². The third-order valence-electron chi connectivity index (χ3n) is 4.21. The van der Waals surface area contributed by atoms with E-state index in [1.54, 1.807) is 12.4 Å². The van der Waals surface area contributed by atoms with Crippen LogP contribution < -0.4 is 11.5 Å². The molecule has 2 heterocycles. The molecule has 1 fully saturated rings. The van der Waals surface area contributed by atoms with E-state index in [0.29, 0.717) is 0 Å². The molecule has 120 valence electrons. The van der Waals surface area contributed by atoms with Gasteiger partial charge in [-0.3, -0.25) is 9.78 Å². The average Bonchev–Trinajstić information content (AvgIpc) is 3.07. The number of pyridine rings is 1. The van der Waals surface area contributed by atoms with E-state index in [2.05, 4.69) is 19.9 Å². The van der Waals surface area contributed by atoms with Crippen molar-refractivity contribution < 1.29 is 9.53 Å². The van der Waals surface area contributed by atoms with E-state index in [0.717, 1.165) is 5.56 Å². The molecular formula is C15H18N6O2. The van der Waals surface area contributed by atoms with Crippen molar-refractivity contribution >= 4 is 17.9 Å². The summed E-state index contributed by atoms with van der Waals surface area (Å²) in [6, 6.07) is 3.85. The maximum absolute atomic E-state index is 12.4. The van der Waals surface area contributed by atoms with Crippen molar-refractivity contribution in [1.82, 2.24) is 19.9 Å². The molecule has 23 heavy (non-hydrogen) atoms. The van der Waals surface area contributed by atoms with E-state index in [1.807, 2.05) is 26.0 Å². The van der Waals surface area contributed by atoms with Crippen LogP contribution in [-0.2, 0) is 16.1 Å². The number of carbonyl (C=O) groups excluding carboxylic acids is 1. The maximum Gasteiger partial charge on any atom is 0.310 e. The highest BCUT2D eigenvalue weighted by molar-refractivity contribution is 5.79. The van der Waals surface area contributed by atoms with Gasteiger partial charge in [0.15, 0.2) is 12.4 Å². The summed E-state index contributed by atoms with van der Waals surface area (Å²) in [5.41, 5.74) is 11.9. The van der Waals surface area contributed by atoms with Crippen LogP contribution in [0.2, 0.25) is 0 Å². The normalized spacial score (nSPS) is 21.7. The number of rotatable bonds is 4. The van der Waals surface area contributed by atoms with Crippen molar-refractivity contribution in [1.29, 1.82) is 0 Å². The van der Waals surface area contributed by atoms with Gasteiger partial charge in [0, 0.05) is 18.3 Å². The minimum absolute atomic E-state index is 0.00460. The molecule has 0 bridgehead atoms. The van der Waals surface area contributed by atoms with Crippen molar-refractivity contribution in [3.05, 3.63) is 35.9 Å². The Kier molecular flexibility index (Phi) is 3.59. The van der Waals surface area contributed by atoms with Crippen LogP contribution in [0.1, 0.15) is 31.2 Å². The van der Waals surface area contributed by atoms with Gasteiger partial charge >= 0.3 is 5.97 Å². The van der Waals surface area contributed by atoms with Gasteiger partial charge in [0.1, 0.15) is 0 Å². The molecule has 3 rings (SSSR count). The molecule has 1 saturated carbocycles. The van der Waals surface area contributed by atoms with Crippen LogP contribution >= 0.6 is 0 Å². The van der Waals surface area contributed by atoms with Gasteiger partial charge in [0.05, 0.1) is 5.92 Å². The first-order valence-electron chi connectivity index (χ1n) is 7.22. The molecule has 8 heteroatoms. The zero-order valence-corrected chi connectivity index (χ0v) is 12.9. The molecule has 8 nitrogen and oxygen atoms in total. The Morgan fingerprint density at radius 1 is 1.17 bits per heavy atom. The van der Waals surface area contributed by atoms with Crippen LogP contribution in [0, 0.1) is 11.3 Å². The molecule has 1 aliphatic carbocycles. The summed E-state index contributed by atoms with van der Waals surface area (Å²) in [7, 11) is 0. The second kappa shape index (κ2) is 5.45. The molecule has 2 aromatic rings. The Balaban J connectivity index is 1.67. The lowest BCUT2D eigenvalue weighted by Gasteiger charge is -2.05. The Morgan fingerprint density at radius 3 is 2.39 bits per heavy atom. The first-order chi connectivity index (χ1) is 10.9. The van der Waals surface area contributed by atoms with Gasteiger partial charge in [-0.05, 0) is 23.1 Å². The van der Waals surface area contributed by atoms with Gasteiger partial charge in [-0.1, -0.05) is 13.8 Å². The average molecular weight is 314 g/mol. The number of esters is 1. The summed E-state index contributed by atoms with van der Waals surface area (Å²) in [6.45, 7) is 4.01. The van der Waals surface area contributed by atoms with E-state index in [1.165, 1.54) is 0 Å². The second-order valence-electron chi connectivity index (χ2n) is 6.13. The summed E-state index contributed by atoms with van der Waals surface area (Å²) in [5, 5.41) is 0. The fourth-order valence-corrected chi connectivity index (χ4v) is 3.02. The number of nitrogens with zero attached hydrogens (tertiary/aromatic N) is 4. The quantitative estimate of drug-likeness (QED) is 0.796. The highest BCUT2D eigenvalue weighted by atomic mass is 16.5. The second-order valence-corrected chi connectivity index (χ2v) is 6.13. The SMILES string of the molecule is CC1(C)[C@H](C(=O)OCc2nc(N)nc(N)n2)[C@H]1c1ccncc1. The van der Waals surface area contributed by atoms with Crippen LogP contribution in [0.5, 0.6) is 0 Å². The predicted octanol–water partition coefficient (Wildman–Crippen LogP) is 0.914. The van der Waals surface area contributed by atoms with E-state index in [-0.39, 0.29) is 47.5 Å². The fraction of sp³-hybridized carbons (Fsp3) is 0.400. The smallest absolute Gasteiger partial charge is 0.310 e. The molecule has 2 atom stereocenters. The van der Waals surface area contributed by atoms with E-state index >= 15 is 0 Å². The fourth-order valence-electron chi connectivity index (χ4n) is 3.02. The number of aromatic nitrogens is 4. The zero-order valence-electron chi connectivity index (χ0n) is 12.9. The number of carbonyl (C=O) groups is 1. The standard InChI is InChI=1S/C15H18N6O2/c1-15(2)10(8-3-5-18-6-4-8)11(15)12(22)23-7-9-19-13(16)21-14(17)20-9/h3-6,10-11H,7H2,1-2H3,(H4,16,17,19,20,21)/t10-,11+/m1/s1. The lowest BCUT2D eigenvalue weighted by Crippen LogP contribution is -2.13. The number of hydrogen-bond acceptors (Lipinski definition) is 8. The van der Waals surface area contributed by atoms with Crippen LogP contribution in [0.4, 0.5) is 11.9 Å². The Hall–Kier alpha value is -2.77. The van der Waals surface area contributed by atoms with E-state index in [9.17, 15) is 4.79 Å². The molecule has 4 N–H and O–H groups in total. The molecule has 0 aliphatic heterocycles. The summed E-state index contributed by atoms with van der Waals surface area (Å²) >= 11 is 0. The highest BCUT2D eigenvalue weighted by Gasteiger charge is 2.63. The van der Waals surface area contributed by atoms with Crippen LogP contribution in [-0.4, -0.2) is 25.9 Å². The van der Waals surface area contributed by atoms with Gasteiger partial charge in [-0.2, -0.15) is 15.0 Å². The van der Waals surface area contributed by atoms with Gasteiger partial charge < -0.3 is 16.2 Å². The minimum Gasteiger partial charge on any atom is -0.457 e. The Bertz CT molecular complexity index is 714. The largest absolute Gasteiger partial charge is 0.457 e. The van der Waals surface area contributed by atoms with Gasteiger partial charge in [-0.25, -0.2) is 0 Å². The number of anilines is 2. The molecule has 0 aromatic carbocycles. The minimum atomic E-state index is -0.283.